The van der Waals surface area contributed by atoms with Crippen molar-refractivity contribution in [1.82, 2.24) is 0 Å². The summed E-state index contributed by atoms with van der Waals surface area (Å²) in [6.45, 7) is 9.92. The smallest absolute Gasteiger partial charge is 0.100 e. The summed E-state index contributed by atoms with van der Waals surface area (Å²) in [4.78, 5) is 0. The molecule has 1 fully saturated rings. The second-order valence-corrected chi connectivity index (χ2v) is 9.26. The van der Waals surface area contributed by atoms with Crippen LogP contribution in [-0.4, -0.2) is 31.7 Å². The normalized spacial score (nSPS) is 25.3. The van der Waals surface area contributed by atoms with Crippen molar-refractivity contribution < 1.29 is 21.5 Å². The van der Waals surface area contributed by atoms with Gasteiger partial charge in [0, 0.05) is 0 Å². The number of hydrogen-bond donors (Lipinski definition) is 0. The van der Waals surface area contributed by atoms with Gasteiger partial charge in [0.2, 0.25) is 0 Å². The molecule has 0 N–H and O–H groups in total. The molecule has 2 unspecified atom stereocenters. The molecule has 3 aliphatic carbocycles. The molecule has 1 nitrogen and oxygen atoms in total. The van der Waals surface area contributed by atoms with Gasteiger partial charge in [-0.2, -0.15) is 0 Å². The Bertz CT molecular complexity index is 383. The largest absolute Gasteiger partial charge is 1.00 e. The Balaban J connectivity index is 0.00000264. The van der Waals surface area contributed by atoms with E-state index in [1.165, 1.54) is 75.4 Å². The van der Waals surface area contributed by atoms with Crippen LogP contribution in [0.5, 0.6) is 0 Å². The Morgan fingerprint density at radius 3 is 2.22 bits per heavy atom. The quantitative estimate of drug-likeness (QED) is 0.308. The van der Waals surface area contributed by atoms with Crippen LogP contribution in [0.15, 0.2) is 11.6 Å². The average Bonchev–Trinajstić information content (AvgIpc) is 2.45. The summed E-state index contributed by atoms with van der Waals surface area (Å²) >= 11 is 0. The predicted octanol–water partition coefficient (Wildman–Crippen LogP) is 2.81. The number of likely N-dealkylation sites (N-methyl/N-ethyl adjacent to an activating group) is 1. The summed E-state index contributed by atoms with van der Waals surface area (Å²) in [6.07, 6.45) is 15.4. The van der Waals surface area contributed by atoms with Gasteiger partial charge in [-0.25, -0.2) is 0 Å². The lowest BCUT2D eigenvalue weighted by Crippen LogP contribution is -3.00. The summed E-state index contributed by atoms with van der Waals surface area (Å²) < 4.78 is 1.19. The van der Waals surface area contributed by atoms with Crippen molar-refractivity contribution >= 4 is 0 Å². The first-order valence-corrected chi connectivity index (χ1v) is 9.88. The third-order valence-corrected chi connectivity index (χ3v) is 6.56. The van der Waals surface area contributed by atoms with Gasteiger partial charge in [0.25, 0.3) is 0 Å². The lowest BCUT2D eigenvalue weighted by Gasteiger charge is -2.57. The van der Waals surface area contributed by atoms with Crippen LogP contribution in [0.4, 0.5) is 0 Å². The van der Waals surface area contributed by atoms with Gasteiger partial charge < -0.3 is 21.5 Å². The molecule has 0 amide bonds. The molecule has 0 spiro atoms. The first-order chi connectivity index (χ1) is 10.4. The first-order valence-electron chi connectivity index (χ1n) is 9.88. The summed E-state index contributed by atoms with van der Waals surface area (Å²) in [5.74, 6) is 1.86. The number of fused-ring (bicyclic) bond motifs is 1. The van der Waals surface area contributed by atoms with E-state index in [1.54, 1.807) is 5.57 Å². The molecule has 3 aliphatic rings. The zero-order valence-corrected chi connectivity index (χ0v) is 17.9. The molecule has 0 saturated heterocycles. The van der Waals surface area contributed by atoms with E-state index in [-0.39, 0.29) is 17.0 Å². The molecule has 0 heterocycles. The average molecular weight is 386 g/mol. The van der Waals surface area contributed by atoms with Crippen molar-refractivity contribution in [3.63, 3.8) is 0 Å². The van der Waals surface area contributed by atoms with Crippen molar-refractivity contribution in [1.29, 1.82) is 0 Å². The van der Waals surface area contributed by atoms with Gasteiger partial charge in [-0.1, -0.05) is 59.0 Å². The van der Waals surface area contributed by atoms with Crippen molar-refractivity contribution in [2.75, 3.05) is 27.2 Å². The van der Waals surface area contributed by atoms with E-state index < -0.39 is 0 Å². The van der Waals surface area contributed by atoms with Crippen LogP contribution >= 0.6 is 0 Å². The standard InChI is InChI=1S/C21H40N.BrH/c1-6-7-8-9-10-11-12-15-22(4,5)17-18-13-14-19-16-20(18)21(19,2)3;/h13,19-20H,6-12,14-17H2,1-5H3;1H/q+1;/p-1. The topological polar surface area (TPSA) is 0 Å². The van der Waals surface area contributed by atoms with E-state index in [9.17, 15) is 0 Å². The van der Waals surface area contributed by atoms with Crippen LogP contribution in [0, 0.1) is 17.3 Å². The maximum Gasteiger partial charge on any atom is 0.100 e. The maximum absolute atomic E-state index is 2.59. The lowest BCUT2D eigenvalue weighted by molar-refractivity contribution is -0.886. The predicted molar refractivity (Wildman–Crippen MR) is 97.9 cm³/mol. The Labute approximate surface area is 156 Å². The Morgan fingerprint density at radius 2 is 1.65 bits per heavy atom. The van der Waals surface area contributed by atoms with Gasteiger partial charge in [0.05, 0.1) is 20.6 Å². The molecule has 0 aromatic heterocycles. The molecule has 1 saturated carbocycles. The maximum atomic E-state index is 2.59. The van der Waals surface area contributed by atoms with Crippen molar-refractivity contribution in [3.8, 4) is 0 Å². The molecular weight excluding hydrogens is 346 g/mol. The molecule has 0 aliphatic heterocycles. The van der Waals surface area contributed by atoms with E-state index in [0.29, 0.717) is 5.41 Å². The molecular formula is C21H40BrN. The van der Waals surface area contributed by atoms with E-state index in [0.717, 1.165) is 11.8 Å². The lowest BCUT2D eigenvalue weighted by atomic mass is 9.49. The van der Waals surface area contributed by atoms with E-state index in [2.05, 4.69) is 40.9 Å². The fourth-order valence-corrected chi connectivity index (χ4v) is 4.73. The molecule has 0 radical (unpaired) electrons. The van der Waals surface area contributed by atoms with Crippen LogP contribution in [0.1, 0.15) is 78.6 Å². The summed E-state index contributed by atoms with van der Waals surface area (Å²) in [7, 11) is 4.88. The second-order valence-electron chi connectivity index (χ2n) is 9.26. The highest BCUT2D eigenvalue weighted by atomic mass is 79.9. The van der Waals surface area contributed by atoms with Gasteiger partial charge >= 0.3 is 0 Å². The summed E-state index contributed by atoms with van der Waals surface area (Å²) in [6, 6.07) is 0. The zero-order chi connectivity index (χ0) is 16.2. The number of nitrogens with zero attached hydrogens (tertiary/aromatic N) is 1. The first kappa shape index (κ1) is 21.2. The molecule has 136 valence electrons. The van der Waals surface area contributed by atoms with Crippen LogP contribution in [0.25, 0.3) is 0 Å². The molecule has 23 heavy (non-hydrogen) atoms. The van der Waals surface area contributed by atoms with E-state index in [1.807, 2.05) is 0 Å². The summed E-state index contributed by atoms with van der Waals surface area (Å²) in [5, 5.41) is 0. The highest BCUT2D eigenvalue weighted by Crippen LogP contribution is 2.59. The fourth-order valence-electron chi connectivity index (χ4n) is 4.73. The van der Waals surface area contributed by atoms with Crippen molar-refractivity contribution in [2.24, 2.45) is 17.3 Å². The van der Waals surface area contributed by atoms with Gasteiger partial charge in [0.15, 0.2) is 0 Å². The van der Waals surface area contributed by atoms with Crippen LogP contribution in [-0.2, 0) is 0 Å². The molecule has 0 aromatic rings. The number of halogens is 1. The minimum Gasteiger partial charge on any atom is -1.00 e. The Kier molecular flexibility index (Phi) is 8.34. The van der Waals surface area contributed by atoms with Crippen LogP contribution < -0.4 is 17.0 Å². The molecule has 3 rings (SSSR count). The monoisotopic (exact) mass is 385 g/mol. The molecule has 2 atom stereocenters. The third kappa shape index (κ3) is 5.59. The van der Waals surface area contributed by atoms with Crippen LogP contribution in [0.3, 0.4) is 0 Å². The Morgan fingerprint density at radius 1 is 1.04 bits per heavy atom. The highest BCUT2D eigenvalue weighted by molar-refractivity contribution is 5.23. The number of allylic oxidation sites excluding steroid dienone is 1. The zero-order valence-electron chi connectivity index (χ0n) is 16.3. The van der Waals surface area contributed by atoms with E-state index in [4.69, 9.17) is 0 Å². The Hall–Kier alpha value is 0.180. The number of quaternary nitrogens is 1. The fraction of sp³-hybridized carbons (Fsp3) is 0.905. The molecule has 2 bridgehead atoms. The number of hydrogen-bond acceptors (Lipinski definition) is 0. The van der Waals surface area contributed by atoms with Gasteiger partial charge in [-0.15, -0.1) is 0 Å². The van der Waals surface area contributed by atoms with E-state index >= 15 is 0 Å². The number of rotatable bonds is 10. The molecule has 2 heteroatoms. The molecule has 0 aromatic carbocycles. The van der Waals surface area contributed by atoms with Gasteiger partial charge in [0.1, 0.15) is 6.54 Å². The van der Waals surface area contributed by atoms with Crippen molar-refractivity contribution in [3.05, 3.63) is 11.6 Å². The van der Waals surface area contributed by atoms with Gasteiger partial charge in [-0.05, 0) is 48.5 Å². The van der Waals surface area contributed by atoms with Gasteiger partial charge in [-0.3, -0.25) is 0 Å². The SMILES string of the molecule is CCCCCCCCC[N+](C)(C)CC1=CCC2CC1C2(C)C.[Br-]. The highest BCUT2D eigenvalue weighted by Gasteiger charge is 2.51. The van der Waals surface area contributed by atoms with Crippen molar-refractivity contribution in [2.45, 2.75) is 78.6 Å². The third-order valence-electron chi connectivity index (χ3n) is 6.56. The minimum absolute atomic E-state index is 0. The van der Waals surface area contributed by atoms with Crippen LogP contribution in [0.2, 0.25) is 0 Å². The second kappa shape index (κ2) is 9.04. The number of unbranched alkanes of at least 4 members (excludes halogenated alkanes) is 6. The summed E-state index contributed by atoms with van der Waals surface area (Å²) in [5.41, 5.74) is 2.36. The minimum atomic E-state index is 0.